The summed E-state index contributed by atoms with van der Waals surface area (Å²) >= 11 is 0. The third-order valence-corrected chi connectivity index (χ3v) is 9.23. The van der Waals surface area contributed by atoms with Crippen molar-refractivity contribution in [3.63, 3.8) is 0 Å². The molecule has 0 radical (unpaired) electrons. The number of carbonyl (C=O) groups excluding carboxylic acids is 3. The molecular weight excluding hydrogens is 634 g/mol. The third-order valence-electron chi connectivity index (χ3n) is 9.23. The Morgan fingerprint density at radius 1 is 0.469 bits per heavy atom. The van der Waals surface area contributed by atoms with Crippen LogP contribution in [0.3, 0.4) is 0 Å². The lowest BCUT2D eigenvalue weighted by Crippen LogP contribution is -3.00. The average molecular weight is 713 g/mol. The molecule has 1 amide bonds. The molecule has 0 saturated heterocycles. The van der Waals surface area contributed by atoms with Crippen LogP contribution in [0.1, 0.15) is 194 Å². The van der Waals surface area contributed by atoms with E-state index < -0.39 is 0 Å². The van der Waals surface area contributed by atoms with Crippen LogP contribution < -0.4 is 12.4 Å². The maximum Gasteiger partial charge on any atom is 0.351 e. The van der Waals surface area contributed by atoms with E-state index in [4.69, 9.17) is 9.47 Å². The van der Waals surface area contributed by atoms with Gasteiger partial charge in [-0.25, -0.2) is 4.79 Å². The second-order valence-electron chi connectivity index (χ2n) is 14.4. The number of unbranched alkanes of at least 4 members (excludes halogenated alkanes) is 22. The molecule has 0 aliphatic heterocycles. The van der Waals surface area contributed by atoms with E-state index in [2.05, 4.69) is 38.2 Å². The maximum atomic E-state index is 12.6. The standard InChI is InChI=1S/C42H78NO5.ClH/c1-5-7-9-11-13-15-17-19-21-23-25-27-29-31-33-35-41(45)47-38-37-43(3,4)40(44)39-48-42(46)36-34-32-30-28-26-24-22-20-18-16-14-12-10-8-6-2;/h19-22H,5-18,23-39H2,1-4H3;1H/q+1;/p-1. The average Bonchev–Trinajstić information content (AvgIpc) is 3.07. The molecule has 0 aliphatic rings. The van der Waals surface area contributed by atoms with Crippen LogP contribution >= 0.6 is 0 Å². The second-order valence-corrected chi connectivity index (χ2v) is 14.4. The fraction of sp³-hybridized carbons (Fsp3) is 0.833. The smallest absolute Gasteiger partial charge is 0.351 e. The lowest BCUT2D eigenvalue weighted by Gasteiger charge is -2.26. The van der Waals surface area contributed by atoms with Crippen LogP contribution in [0.4, 0.5) is 0 Å². The number of rotatable bonds is 35. The number of hydrogen-bond acceptors (Lipinski definition) is 5. The van der Waals surface area contributed by atoms with E-state index in [-0.39, 0.29) is 47.9 Å². The Hall–Kier alpha value is -1.66. The van der Waals surface area contributed by atoms with Crippen LogP contribution in [-0.2, 0) is 23.9 Å². The van der Waals surface area contributed by atoms with Crippen LogP contribution in [0, 0.1) is 0 Å². The molecule has 288 valence electrons. The van der Waals surface area contributed by atoms with E-state index in [0.717, 1.165) is 51.4 Å². The molecule has 0 aromatic carbocycles. The zero-order valence-electron chi connectivity index (χ0n) is 32.6. The number of carbonyl (C=O) groups is 3. The van der Waals surface area contributed by atoms with Crippen LogP contribution in [-0.4, -0.2) is 56.2 Å². The minimum atomic E-state index is -0.313. The summed E-state index contributed by atoms with van der Waals surface area (Å²) in [5.41, 5.74) is 0. The van der Waals surface area contributed by atoms with Gasteiger partial charge in [0, 0.05) is 12.8 Å². The summed E-state index contributed by atoms with van der Waals surface area (Å²) in [6.07, 6.45) is 41.8. The molecule has 0 atom stereocenters. The van der Waals surface area contributed by atoms with Gasteiger partial charge >= 0.3 is 17.8 Å². The van der Waals surface area contributed by atoms with Crippen molar-refractivity contribution in [3.8, 4) is 0 Å². The van der Waals surface area contributed by atoms with Crippen LogP contribution in [0.25, 0.3) is 0 Å². The van der Waals surface area contributed by atoms with Crippen molar-refractivity contribution in [3.05, 3.63) is 24.3 Å². The van der Waals surface area contributed by atoms with Crippen molar-refractivity contribution >= 4 is 17.8 Å². The molecule has 0 aliphatic carbocycles. The Labute approximate surface area is 309 Å². The van der Waals surface area contributed by atoms with E-state index in [9.17, 15) is 14.4 Å². The van der Waals surface area contributed by atoms with Gasteiger partial charge in [-0.15, -0.1) is 0 Å². The van der Waals surface area contributed by atoms with E-state index in [0.29, 0.717) is 19.4 Å². The van der Waals surface area contributed by atoms with E-state index in [1.165, 1.54) is 116 Å². The van der Waals surface area contributed by atoms with Crippen molar-refractivity contribution in [2.75, 3.05) is 33.9 Å². The summed E-state index contributed by atoms with van der Waals surface area (Å²) in [6, 6.07) is 0. The fourth-order valence-electron chi connectivity index (χ4n) is 5.65. The summed E-state index contributed by atoms with van der Waals surface area (Å²) in [5.74, 6) is -0.708. The molecule has 0 N–H and O–H groups in total. The Kier molecular flexibility index (Phi) is 37.9. The first-order chi connectivity index (χ1) is 23.3. The largest absolute Gasteiger partial charge is 1.00 e. The van der Waals surface area contributed by atoms with Crippen LogP contribution in [0.2, 0.25) is 0 Å². The van der Waals surface area contributed by atoms with Crippen molar-refractivity contribution in [2.45, 2.75) is 194 Å². The Morgan fingerprint density at radius 3 is 1.18 bits per heavy atom. The SMILES string of the molecule is CCCCCCCCC=CCCCCCCCC(=O)OCC[N+](C)(C)C(=O)COC(=O)CCCCCCCC=CCCCCCCCC.[Cl-]. The number of allylic oxidation sites excluding steroid dienone is 4. The van der Waals surface area contributed by atoms with Gasteiger partial charge in [0.2, 0.25) is 6.61 Å². The first-order valence-corrected chi connectivity index (χ1v) is 20.3. The van der Waals surface area contributed by atoms with Crippen molar-refractivity contribution in [1.82, 2.24) is 0 Å². The maximum absolute atomic E-state index is 12.6. The fourth-order valence-corrected chi connectivity index (χ4v) is 5.65. The molecule has 0 spiro atoms. The molecule has 0 unspecified atom stereocenters. The van der Waals surface area contributed by atoms with Gasteiger partial charge in [0.25, 0.3) is 0 Å². The van der Waals surface area contributed by atoms with Gasteiger partial charge in [-0.1, -0.05) is 141 Å². The summed E-state index contributed by atoms with van der Waals surface area (Å²) in [7, 11) is 3.52. The topological polar surface area (TPSA) is 69.7 Å². The van der Waals surface area contributed by atoms with Crippen LogP contribution in [0.15, 0.2) is 24.3 Å². The normalized spacial score (nSPS) is 11.7. The van der Waals surface area contributed by atoms with Gasteiger partial charge in [0.05, 0.1) is 14.1 Å². The minimum absolute atomic E-state index is 0. The van der Waals surface area contributed by atoms with Gasteiger partial charge < -0.3 is 21.9 Å². The van der Waals surface area contributed by atoms with Gasteiger partial charge in [-0.2, -0.15) is 0 Å². The quantitative estimate of drug-likeness (QED) is 0.0285. The molecule has 7 heteroatoms. The molecule has 0 bridgehead atoms. The van der Waals surface area contributed by atoms with Gasteiger partial charge in [-0.05, 0) is 64.2 Å². The predicted octanol–water partition coefficient (Wildman–Crippen LogP) is 8.75. The predicted molar refractivity (Wildman–Crippen MR) is 203 cm³/mol. The summed E-state index contributed by atoms with van der Waals surface area (Å²) in [6.45, 7) is 4.83. The monoisotopic (exact) mass is 712 g/mol. The highest BCUT2D eigenvalue weighted by atomic mass is 35.5. The Morgan fingerprint density at radius 2 is 0.796 bits per heavy atom. The zero-order valence-corrected chi connectivity index (χ0v) is 33.4. The molecule has 6 nitrogen and oxygen atoms in total. The molecule has 49 heavy (non-hydrogen) atoms. The van der Waals surface area contributed by atoms with Gasteiger partial charge in [0.15, 0.2) is 0 Å². The molecule has 0 heterocycles. The van der Waals surface area contributed by atoms with Crippen LogP contribution in [0.5, 0.6) is 0 Å². The minimum Gasteiger partial charge on any atom is -1.00 e. The number of nitrogens with zero attached hydrogens (tertiary/aromatic N) is 1. The second kappa shape index (κ2) is 37.6. The first-order valence-electron chi connectivity index (χ1n) is 20.3. The number of quaternary nitrogens is 1. The van der Waals surface area contributed by atoms with Crippen molar-refractivity contribution in [1.29, 1.82) is 0 Å². The number of amides is 1. The summed E-state index contributed by atoms with van der Waals surface area (Å²) in [4.78, 5) is 36.9. The number of halogens is 1. The lowest BCUT2D eigenvalue weighted by molar-refractivity contribution is -0.814. The molecular formula is C42H78ClNO5. The Balaban J connectivity index is 0. The number of hydrogen-bond donors (Lipinski definition) is 0. The summed E-state index contributed by atoms with van der Waals surface area (Å²) < 4.78 is 10.6. The van der Waals surface area contributed by atoms with Gasteiger partial charge in [0.1, 0.15) is 13.2 Å². The van der Waals surface area contributed by atoms with Crippen molar-refractivity contribution < 1.29 is 40.7 Å². The van der Waals surface area contributed by atoms with E-state index >= 15 is 0 Å². The van der Waals surface area contributed by atoms with Crippen molar-refractivity contribution in [2.24, 2.45) is 0 Å². The highest BCUT2D eigenvalue weighted by molar-refractivity contribution is 5.76. The Bertz CT molecular complexity index is 826. The van der Waals surface area contributed by atoms with Gasteiger partial charge in [-0.3, -0.25) is 14.1 Å². The number of ether oxygens (including phenoxy) is 2. The molecule has 0 rings (SSSR count). The molecule has 0 saturated carbocycles. The first kappa shape index (κ1) is 49.5. The molecule has 0 aromatic heterocycles. The third kappa shape index (κ3) is 36.0. The van der Waals surface area contributed by atoms with E-state index in [1.807, 2.05) is 0 Å². The number of esters is 2. The molecule has 0 fully saturated rings. The van der Waals surface area contributed by atoms with E-state index in [1.54, 1.807) is 14.1 Å². The molecule has 0 aromatic rings. The summed E-state index contributed by atoms with van der Waals surface area (Å²) in [5, 5.41) is 0. The highest BCUT2D eigenvalue weighted by Gasteiger charge is 2.27. The number of likely N-dealkylation sites (N-methyl/N-ethyl adjacent to an activating group) is 1. The zero-order chi connectivity index (χ0) is 35.4. The lowest BCUT2D eigenvalue weighted by atomic mass is 10.1. The highest BCUT2D eigenvalue weighted by Crippen LogP contribution is 2.12.